The van der Waals surface area contributed by atoms with Gasteiger partial charge in [-0.25, -0.2) is 13.6 Å². The SMILES string of the molecule is COC(=O)c1nc([N+](=O)[O-])c(N)cc1C(F)F. The monoisotopic (exact) mass is 247 g/mol. The molecule has 0 fully saturated rings. The summed E-state index contributed by atoms with van der Waals surface area (Å²) >= 11 is 0. The van der Waals surface area contributed by atoms with E-state index in [4.69, 9.17) is 5.73 Å². The van der Waals surface area contributed by atoms with Gasteiger partial charge < -0.3 is 20.6 Å². The van der Waals surface area contributed by atoms with Gasteiger partial charge in [-0.2, -0.15) is 0 Å². The second kappa shape index (κ2) is 4.68. The minimum absolute atomic E-state index is 0.544. The molecule has 0 unspecified atom stereocenters. The van der Waals surface area contributed by atoms with Crippen LogP contribution in [0.25, 0.3) is 0 Å². The van der Waals surface area contributed by atoms with Gasteiger partial charge in [0.05, 0.1) is 12.7 Å². The van der Waals surface area contributed by atoms with Crippen molar-refractivity contribution >= 4 is 17.5 Å². The molecule has 0 aromatic carbocycles. The molecule has 7 nitrogen and oxygen atoms in total. The molecule has 92 valence electrons. The highest BCUT2D eigenvalue weighted by Gasteiger charge is 2.30. The zero-order valence-electron chi connectivity index (χ0n) is 8.52. The van der Waals surface area contributed by atoms with E-state index in [2.05, 4.69) is 9.72 Å². The van der Waals surface area contributed by atoms with Gasteiger partial charge in [0, 0.05) is 0 Å². The number of rotatable bonds is 3. The highest BCUT2D eigenvalue weighted by molar-refractivity contribution is 5.90. The van der Waals surface area contributed by atoms with Crippen molar-refractivity contribution in [2.75, 3.05) is 12.8 Å². The van der Waals surface area contributed by atoms with Gasteiger partial charge in [0.2, 0.25) is 0 Å². The predicted molar refractivity (Wildman–Crippen MR) is 51.6 cm³/mol. The minimum atomic E-state index is -3.04. The Labute approximate surface area is 93.3 Å². The standard InChI is InChI=1S/C8H7F2N3O4/c1-17-8(14)5-3(6(9)10)2-4(11)7(12-5)13(15)16/h2,6H,11H2,1H3. The number of carbonyl (C=O) groups is 1. The molecular formula is C8H7F2N3O4. The maximum absolute atomic E-state index is 12.6. The van der Waals surface area contributed by atoms with Gasteiger partial charge >= 0.3 is 11.8 Å². The number of nitrogens with zero attached hydrogens (tertiary/aromatic N) is 2. The van der Waals surface area contributed by atoms with Gasteiger partial charge in [-0.05, 0) is 16.0 Å². The first-order valence-electron chi connectivity index (χ1n) is 4.19. The minimum Gasteiger partial charge on any atom is -0.463 e. The fourth-order valence-corrected chi connectivity index (χ4v) is 1.11. The van der Waals surface area contributed by atoms with Crippen molar-refractivity contribution in [3.8, 4) is 0 Å². The van der Waals surface area contributed by atoms with Crippen molar-refractivity contribution in [1.29, 1.82) is 0 Å². The number of alkyl halides is 2. The first-order chi connectivity index (χ1) is 7.88. The van der Waals surface area contributed by atoms with E-state index in [1.54, 1.807) is 0 Å². The molecule has 1 rings (SSSR count). The van der Waals surface area contributed by atoms with Crippen LogP contribution in [-0.2, 0) is 4.74 Å². The predicted octanol–water partition coefficient (Wildman–Crippen LogP) is 1.30. The van der Waals surface area contributed by atoms with Crippen LogP contribution in [0.15, 0.2) is 6.07 Å². The lowest BCUT2D eigenvalue weighted by Gasteiger charge is -2.04. The maximum atomic E-state index is 12.6. The average Bonchev–Trinajstić information content (AvgIpc) is 2.26. The Morgan fingerprint density at radius 1 is 1.65 bits per heavy atom. The molecule has 0 bridgehead atoms. The van der Waals surface area contributed by atoms with Crippen LogP contribution in [0.2, 0.25) is 0 Å². The average molecular weight is 247 g/mol. The topological polar surface area (TPSA) is 108 Å². The van der Waals surface area contributed by atoms with Crippen molar-refractivity contribution in [2.45, 2.75) is 6.43 Å². The van der Waals surface area contributed by atoms with Crippen LogP contribution in [0, 0.1) is 10.1 Å². The Morgan fingerprint density at radius 2 is 2.24 bits per heavy atom. The summed E-state index contributed by atoms with van der Waals surface area (Å²) in [5, 5.41) is 10.5. The Balaban J connectivity index is 3.47. The number of carbonyl (C=O) groups excluding carboxylic acids is 1. The first-order valence-corrected chi connectivity index (χ1v) is 4.19. The molecule has 1 aromatic heterocycles. The van der Waals surface area contributed by atoms with Crippen molar-refractivity contribution in [1.82, 2.24) is 4.98 Å². The molecule has 0 aliphatic carbocycles. The van der Waals surface area contributed by atoms with Crippen molar-refractivity contribution in [3.63, 3.8) is 0 Å². The molecule has 9 heteroatoms. The third-order valence-electron chi connectivity index (χ3n) is 1.85. The summed E-state index contributed by atoms with van der Waals surface area (Å²) in [7, 11) is 0.946. The van der Waals surface area contributed by atoms with Crippen LogP contribution < -0.4 is 5.73 Å². The number of methoxy groups -OCH3 is 1. The summed E-state index contributed by atoms with van der Waals surface area (Å²) in [6.45, 7) is 0. The smallest absolute Gasteiger partial charge is 0.387 e. The second-order valence-corrected chi connectivity index (χ2v) is 2.89. The highest BCUT2D eigenvalue weighted by Crippen LogP contribution is 2.29. The molecule has 0 aliphatic rings. The number of esters is 1. The third-order valence-corrected chi connectivity index (χ3v) is 1.85. The number of ether oxygens (including phenoxy) is 1. The number of nitro groups is 1. The van der Waals surface area contributed by atoms with Crippen LogP contribution in [-0.4, -0.2) is 23.0 Å². The zero-order chi connectivity index (χ0) is 13.2. The number of nitrogen functional groups attached to an aromatic ring is 1. The normalized spacial score (nSPS) is 10.4. The Bertz CT molecular complexity index is 478. The molecule has 0 atom stereocenters. The molecule has 1 heterocycles. The van der Waals surface area contributed by atoms with E-state index in [-0.39, 0.29) is 0 Å². The van der Waals surface area contributed by atoms with E-state index in [1.807, 2.05) is 0 Å². The van der Waals surface area contributed by atoms with Crippen molar-refractivity contribution in [3.05, 3.63) is 27.4 Å². The number of anilines is 1. The summed E-state index contributed by atoms with van der Waals surface area (Å²) in [6, 6.07) is 0.641. The number of halogens is 2. The summed E-state index contributed by atoms with van der Waals surface area (Å²) in [5.74, 6) is -2.06. The molecule has 0 aliphatic heterocycles. The lowest BCUT2D eigenvalue weighted by molar-refractivity contribution is -0.388. The highest BCUT2D eigenvalue weighted by atomic mass is 19.3. The quantitative estimate of drug-likeness (QED) is 0.489. The van der Waals surface area contributed by atoms with E-state index < -0.39 is 40.1 Å². The van der Waals surface area contributed by atoms with Gasteiger partial charge in [0.25, 0.3) is 12.1 Å². The van der Waals surface area contributed by atoms with Crippen LogP contribution in [0.3, 0.4) is 0 Å². The lowest BCUT2D eigenvalue weighted by Crippen LogP contribution is -2.12. The molecular weight excluding hydrogens is 240 g/mol. The molecule has 0 saturated heterocycles. The molecule has 0 spiro atoms. The van der Waals surface area contributed by atoms with Gasteiger partial charge in [-0.15, -0.1) is 0 Å². The van der Waals surface area contributed by atoms with E-state index in [9.17, 15) is 23.7 Å². The second-order valence-electron chi connectivity index (χ2n) is 2.89. The van der Waals surface area contributed by atoms with E-state index in [0.29, 0.717) is 6.07 Å². The van der Waals surface area contributed by atoms with Crippen molar-refractivity contribution in [2.24, 2.45) is 0 Å². The molecule has 17 heavy (non-hydrogen) atoms. The summed E-state index contributed by atoms with van der Waals surface area (Å²) in [4.78, 5) is 23.8. The summed E-state index contributed by atoms with van der Waals surface area (Å²) < 4.78 is 29.3. The largest absolute Gasteiger partial charge is 0.463 e. The maximum Gasteiger partial charge on any atom is 0.387 e. The zero-order valence-corrected chi connectivity index (χ0v) is 8.52. The number of nitrogens with two attached hydrogens (primary N) is 1. The van der Waals surface area contributed by atoms with Crippen LogP contribution in [0.1, 0.15) is 22.5 Å². The van der Waals surface area contributed by atoms with E-state index in [1.165, 1.54) is 0 Å². The van der Waals surface area contributed by atoms with Gasteiger partial charge in [-0.1, -0.05) is 0 Å². The molecule has 0 saturated carbocycles. The Hall–Kier alpha value is -2.32. The molecule has 0 amide bonds. The Kier molecular flexibility index (Phi) is 3.51. The number of pyridine rings is 1. The van der Waals surface area contributed by atoms with Crippen LogP contribution in [0.4, 0.5) is 20.3 Å². The fourth-order valence-electron chi connectivity index (χ4n) is 1.11. The summed E-state index contributed by atoms with van der Waals surface area (Å²) in [6.07, 6.45) is -3.04. The number of hydrogen-bond acceptors (Lipinski definition) is 6. The number of aromatic nitrogens is 1. The van der Waals surface area contributed by atoms with Crippen LogP contribution in [0.5, 0.6) is 0 Å². The molecule has 2 N–H and O–H groups in total. The molecule has 0 radical (unpaired) electrons. The number of hydrogen-bond donors (Lipinski definition) is 1. The Morgan fingerprint density at radius 3 is 2.65 bits per heavy atom. The van der Waals surface area contributed by atoms with Gasteiger partial charge in [-0.3, -0.25) is 0 Å². The van der Waals surface area contributed by atoms with Crippen LogP contribution >= 0.6 is 0 Å². The van der Waals surface area contributed by atoms with Crippen molar-refractivity contribution < 1.29 is 23.2 Å². The first kappa shape index (κ1) is 12.7. The van der Waals surface area contributed by atoms with Gasteiger partial charge in [0.1, 0.15) is 5.69 Å². The van der Waals surface area contributed by atoms with E-state index in [0.717, 1.165) is 7.11 Å². The van der Waals surface area contributed by atoms with Gasteiger partial charge in [0.15, 0.2) is 0 Å². The lowest BCUT2D eigenvalue weighted by atomic mass is 10.2. The molecule has 1 aromatic rings. The fraction of sp³-hybridized carbons (Fsp3) is 0.250. The third kappa shape index (κ3) is 2.44. The van der Waals surface area contributed by atoms with E-state index >= 15 is 0 Å². The summed E-state index contributed by atoms with van der Waals surface area (Å²) in [5.41, 5.74) is 3.02.